The van der Waals surface area contributed by atoms with Crippen LogP contribution in [0.4, 0.5) is 0 Å². The maximum Gasteiger partial charge on any atom is 0.110 e. The van der Waals surface area contributed by atoms with Gasteiger partial charge in [0.05, 0.1) is 16.6 Å². The Hall–Kier alpha value is -1.23. The van der Waals surface area contributed by atoms with E-state index in [0.717, 1.165) is 17.1 Å². The lowest BCUT2D eigenvalue weighted by Crippen LogP contribution is -2.07. The maximum absolute atomic E-state index is 6.01. The van der Waals surface area contributed by atoms with Gasteiger partial charge >= 0.3 is 0 Å². The van der Waals surface area contributed by atoms with E-state index in [1.807, 2.05) is 0 Å². The summed E-state index contributed by atoms with van der Waals surface area (Å²) in [5, 5.41) is 4.42. The van der Waals surface area contributed by atoms with E-state index in [2.05, 4.69) is 47.6 Å². The van der Waals surface area contributed by atoms with Gasteiger partial charge in [-0.1, -0.05) is 25.1 Å². The number of hydrogen-bond donors (Lipinski definition) is 1. The molecule has 0 saturated carbocycles. The van der Waals surface area contributed by atoms with Gasteiger partial charge in [0, 0.05) is 10.1 Å². The van der Waals surface area contributed by atoms with Crippen molar-refractivity contribution in [1.29, 1.82) is 0 Å². The first-order valence-corrected chi connectivity index (χ1v) is 7.67. The average molecular weight is 274 g/mol. The zero-order valence-corrected chi connectivity index (χ0v) is 11.7. The van der Waals surface area contributed by atoms with Gasteiger partial charge in [0.1, 0.15) is 5.01 Å². The Balaban J connectivity index is 2.01. The van der Waals surface area contributed by atoms with Crippen molar-refractivity contribution in [2.75, 3.05) is 0 Å². The van der Waals surface area contributed by atoms with Gasteiger partial charge in [-0.15, -0.1) is 22.7 Å². The molecule has 1 unspecified atom stereocenters. The summed E-state index contributed by atoms with van der Waals surface area (Å²) in [5.74, 6) is 0. The van der Waals surface area contributed by atoms with E-state index in [1.165, 1.54) is 15.0 Å². The highest BCUT2D eigenvalue weighted by molar-refractivity contribution is 7.22. The van der Waals surface area contributed by atoms with E-state index in [4.69, 9.17) is 5.73 Å². The van der Waals surface area contributed by atoms with Gasteiger partial charge in [0.2, 0.25) is 0 Å². The zero-order valence-electron chi connectivity index (χ0n) is 10.1. The molecule has 0 aliphatic rings. The summed E-state index contributed by atoms with van der Waals surface area (Å²) >= 11 is 3.44. The van der Waals surface area contributed by atoms with Crippen molar-refractivity contribution in [3.05, 3.63) is 40.7 Å². The largest absolute Gasteiger partial charge is 0.322 e. The molecular formula is C14H14N2S2. The molecule has 2 aromatic heterocycles. The van der Waals surface area contributed by atoms with Crippen LogP contribution in [0.15, 0.2) is 35.7 Å². The third kappa shape index (κ3) is 2.07. The number of fused-ring (bicyclic) bond motifs is 1. The van der Waals surface area contributed by atoms with E-state index >= 15 is 0 Å². The quantitative estimate of drug-likeness (QED) is 0.767. The molecule has 1 aromatic carbocycles. The monoisotopic (exact) mass is 274 g/mol. The van der Waals surface area contributed by atoms with Gasteiger partial charge in [-0.3, -0.25) is 0 Å². The van der Waals surface area contributed by atoms with Crippen molar-refractivity contribution >= 4 is 32.8 Å². The van der Waals surface area contributed by atoms with E-state index in [0.29, 0.717) is 0 Å². The summed E-state index contributed by atoms with van der Waals surface area (Å²) in [6.07, 6.45) is 0.930. The topological polar surface area (TPSA) is 38.9 Å². The van der Waals surface area contributed by atoms with Crippen LogP contribution in [0, 0.1) is 0 Å². The molecule has 2 nitrogen and oxygen atoms in total. The molecule has 0 aliphatic heterocycles. The number of nitrogens with zero attached hydrogens (tertiary/aromatic N) is 1. The molecule has 0 spiro atoms. The van der Waals surface area contributed by atoms with E-state index < -0.39 is 0 Å². The summed E-state index contributed by atoms with van der Waals surface area (Å²) in [7, 11) is 0. The molecule has 18 heavy (non-hydrogen) atoms. The predicted molar refractivity (Wildman–Crippen MR) is 80.2 cm³/mol. The highest BCUT2D eigenvalue weighted by atomic mass is 32.1. The van der Waals surface area contributed by atoms with Gasteiger partial charge in [-0.2, -0.15) is 0 Å². The minimum absolute atomic E-state index is 0.0677. The number of rotatable bonds is 3. The van der Waals surface area contributed by atoms with Gasteiger partial charge in [-0.25, -0.2) is 4.98 Å². The van der Waals surface area contributed by atoms with Gasteiger partial charge < -0.3 is 5.73 Å². The van der Waals surface area contributed by atoms with Gasteiger partial charge in [-0.05, 0) is 23.9 Å². The smallest absolute Gasteiger partial charge is 0.110 e. The van der Waals surface area contributed by atoms with Crippen LogP contribution in [-0.2, 0) is 0 Å². The van der Waals surface area contributed by atoms with Crippen LogP contribution in [-0.4, -0.2) is 4.98 Å². The number of thiazole rings is 1. The van der Waals surface area contributed by atoms with Crippen LogP contribution in [0.5, 0.6) is 0 Å². The fraction of sp³-hybridized carbons (Fsp3) is 0.214. The predicted octanol–water partition coefficient (Wildman–Crippen LogP) is 4.43. The van der Waals surface area contributed by atoms with Crippen LogP contribution < -0.4 is 5.73 Å². The Kier molecular flexibility index (Phi) is 3.16. The van der Waals surface area contributed by atoms with Crippen molar-refractivity contribution in [3.63, 3.8) is 0 Å². The summed E-state index contributed by atoms with van der Waals surface area (Å²) in [5.41, 5.74) is 7.07. The molecule has 1 atom stereocenters. The minimum Gasteiger partial charge on any atom is -0.322 e. The maximum atomic E-state index is 6.01. The molecule has 0 fully saturated rings. The van der Waals surface area contributed by atoms with Gasteiger partial charge in [0.15, 0.2) is 0 Å². The summed E-state index contributed by atoms with van der Waals surface area (Å²) in [6, 6.07) is 10.7. The van der Waals surface area contributed by atoms with E-state index in [1.54, 1.807) is 22.7 Å². The Morgan fingerprint density at radius 3 is 2.94 bits per heavy atom. The molecular weight excluding hydrogens is 260 g/mol. The van der Waals surface area contributed by atoms with Crippen LogP contribution >= 0.6 is 22.7 Å². The van der Waals surface area contributed by atoms with Crippen molar-refractivity contribution in [2.45, 2.75) is 19.4 Å². The number of nitrogens with two attached hydrogens (primary N) is 1. The van der Waals surface area contributed by atoms with Crippen LogP contribution in [0.3, 0.4) is 0 Å². The molecule has 2 N–H and O–H groups in total. The third-order valence-corrected chi connectivity index (χ3v) is 5.07. The fourth-order valence-corrected chi connectivity index (χ4v) is 3.86. The molecule has 3 rings (SSSR count). The Morgan fingerprint density at radius 1 is 1.33 bits per heavy atom. The van der Waals surface area contributed by atoms with Crippen LogP contribution in [0.25, 0.3) is 20.7 Å². The van der Waals surface area contributed by atoms with Crippen LogP contribution in [0.2, 0.25) is 0 Å². The van der Waals surface area contributed by atoms with Crippen molar-refractivity contribution in [1.82, 2.24) is 4.98 Å². The van der Waals surface area contributed by atoms with Crippen molar-refractivity contribution in [2.24, 2.45) is 5.73 Å². The molecule has 2 heterocycles. The Labute approximate surface area is 114 Å². The fourth-order valence-electron chi connectivity index (χ4n) is 1.85. The van der Waals surface area contributed by atoms with Gasteiger partial charge in [0.25, 0.3) is 0 Å². The number of thiophene rings is 1. The molecule has 3 aromatic rings. The van der Waals surface area contributed by atoms with E-state index in [-0.39, 0.29) is 6.04 Å². The van der Waals surface area contributed by atoms with Crippen molar-refractivity contribution in [3.8, 4) is 10.6 Å². The minimum atomic E-state index is 0.0677. The summed E-state index contributed by atoms with van der Waals surface area (Å²) in [6.45, 7) is 2.09. The van der Waals surface area contributed by atoms with E-state index in [9.17, 15) is 0 Å². The first-order chi connectivity index (χ1) is 8.78. The SMILES string of the molecule is CCC(N)c1nc(-c2cc3ccccc3s2)cs1. The zero-order chi connectivity index (χ0) is 12.5. The average Bonchev–Trinajstić information content (AvgIpc) is 3.03. The third-order valence-electron chi connectivity index (χ3n) is 2.96. The second-order valence-electron chi connectivity index (χ2n) is 4.23. The molecule has 0 saturated heterocycles. The lowest BCUT2D eigenvalue weighted by molar-refractivity contribution is 0.693. The Bertz CT molecular complexity index is 636. The normalized spacial score (nSPS) is 13.0. The lowest BCUT2D eigenvalue weighted by atomic mass is 10.2. The Morgan fingerprint density at radius 2 is 2.17 bits per heavy atom. The lowest BCUT2D eigenvalue weighted by Gasteiger charge is -2.01. The molecule has 0 bridgehead atoms. The molecule has 4 heteroatoms. The molecule has 0 aliphatic carbocycles. The van der Waals surface area contributed by atoms with Crippen molar-refractivity contribution < 1.29 is 0 Å². The highest BCUT2D eigenvalue weighted by Crippen LogP contribution is 2.34. The molecule has 0 radical (unpaired) electrons. The second kappa shape index (κ2) is 4.80. The summed E-state index contributed by atoms with van der Waals surface area (Å²) in [4.78, 5) is 5.87. The molecule has 92 valence electrons. The second-order valence-corrected chi connectivity index (χ2v) is 6.21. The van der Waals surface area contributed by atoms with Crippen LogP contribution in [0.1, 0.15) is 24.4 Å². The standard InChI is InChI=1S/C14H14N2S2/c1-2-10(15)14-16-11(8-17-14)13-7-9-5-3-4-6-12(9)18-13/h3-8,10H,2,15H2,1H3. The number of benzene rings is 1. The number of aromatic nitrogens is 1. The number of hydrogen-bond acceptors (Lipinski definition) is 4. The first-order valence-electron chi connectivity index (χ1n) is 5.98. The molecule has 0 amide bonds. The summed E-state index contributed by atoms with van der Waals surface area (Å²) < 4.78 is 1.31. The first kappa shape index (κ1) is 11.8. The highest BCUT2D eigenvalue weighted by Gasteiger charge is 2.11.